The molecule has 1 unspecified atom stereocenters. The normalized spacial score (nSPS) is 13.9. The Kier molecular flexibility index (Phi) is 4.95. The largest absolute Gasteiger partial charge is 0.323 e. The van der Waals surface area contributed by atoms with Crippen LogP contribution in [0, 0.1) is 6.92 Å². The zero-order chi connectivity index (χ0) is 12.2. The van der Waals surface area contributed by atoms with Crippen molar-refractivity contribution in [3.8, 4) is 0 Å². The predicted octanol–water partition coefficient (Wildman–Crippen LogP) is 2.27. The van der Waals surface area contributed by atoms with Gasteiger partial charge in [0.2, 0.25) is 0 Å². The first-order valence-corrected chi connectivity index (χ1v) is 8.10. The molecule has 0 bridgehead atoms. The molecule has 3 nitrogen and oxygen atoms in total. The van der Waals surface area contributed by atoms with Crippen molar-refractivity contribution in [1.29, 1.82) is 0 Å². The Hall–Kier alpha value is -0.390. The molecular formula is C11H19NO2S2. The van der Waals surface area contributed by atoms with Crippen LogP contribution in [0.15, 0.2) is 12.1 Å². The maximum absolute atomic E-state index is 11.3. The van der Waals surface area contributed by atoms with Crippen molar-refractivity contribution in [2.24, 2.45) is 5.73 Å². The summed E-state index contributed by atoms with van der Waals surface area (Å²) in [5.41, 5.74) is 5.99. The van der Waals surface area contributed by atoms with Crippen molar-refractivity contribution in [2.75, 3.05) is 11.5 Å². The number of hydrogen-bond donors (Lipinski definition) is 1. The summed E-state index contributed by atoms with van der Waals surface area (Å²) in [6.45, 7) is 3.72. The van der Waals surface area contributed by atoms with Crippen LogP contribution in [-0.2, 0) is 9.84 Å². The van der Waals surface area contributed by atoms with Gasteiger partial charge in [0.1, 0.15) is 9.84 Å². The smallest absolute Gasteiger partial charge is 0.150 e. The zero-order valence-corrected chi connectivity index (χ0v) is 11.4. The van der Waals surface area contributed by atoms with Crippen LogP contribution in [0.25, 0.3) is 0 Å². The fraction of sp³-hybridized carbons (Fsp3) is 0.636. The molecule has 0 fully saturated rings. The highest BCUT2D eigenvalue weighted by atomic mass is 32.2. The molecule has 0 aliphatic rings. The molecular weight excluding hydrogens is 242 g/mol. The lowest BCUT2D eigenvalue weighted by molar-refractivity contribution is 0.585. The number of hydrogen-bond acceptors (Lipinski definition) is 4. The minimum atomic E-state index is -2.84. The minimum Gasteiger partial charge on any atom is -0.323 e. The van der Waals surface area contributed by atoms with Gasteiger partial charge in [0.05, 0.1) is 5.75 Å². The van der Waals surface area contributed by atoms with Crippen molar-refractivity contribution < 1.29 is 8.42 Å². The molecule has 16 heavy (non-hydrogen) atoms. The topological polar surface area (TPSA) is 60.2 Å². The van der Waals surface area contributed by atoms with E-state index in [1.165, 1.54) is 4.88 Å². The molecule has 0 aliphatic heterocycles. The van der Waals surface area contributed by atoms with Crippen LogP contribution in [0.2, 0.25) is 0 Å². The highest BCUT2D eigenvalue weighted by Crippen LogP contribution is 2.24. The maximum atomic E-state index is 11.3. The van der Waals surface area contributed by atoms with E-state index < -0.39 is 9.84 Å². The van der Waals surface area contributed by atoms with Crippen LogP contribution in [-0.4, -0.2) is 19.9 Å². The Balaban J connectivity index is 2.39. The number of nitrogens with two attached hydrogens (primary N) is 1. The van der Waals surface area contributed by atoms with Crippen LogP contribution >= 0.6 is 11.3 Å². The Labute approximate surface area is 102 Å². The molecule has 0 aliphatic carbocycles. The molecule has 2 N–H and O–H groups in total. The first kappa shape index (κ1) is 13.7. The quantitative estimate of drug-likeness (QED) is 0.854. The summed E-state index contributed by atoms with van der Waals surface area (Å²) in [6.07, 6.45) is 1.38. The summed E-state index contributed by atoms with van der Waals surface area (Å²) in [4.78, 5) is 2.39. The van der Waals surface area contributed by atoms with Gasteiger partial charge in [-0.2, -0.15) is 0 Å². The van der Waals surface area contributed by atoms with E-state index in [1.807, 2.05) is 19.1 Å². The first-order chi connectivity index (χ1) is 7.44. The number of thiophene rings is 1. The monoisotopic (exact) mass is 261 g/mol. The Morgan fingerprint density at radius 2 is 2.12 bits per heavy atom. The van der Waals surface area contributed by atoms with Crippen LogP contribution in [0.3, 0.4) is 0 Å². The van der Waals surface area contributed by atoms with Crippen molar-refractivity contribution in [1.82, 2.24) is 0 Å². The maximum Gasteiger partial charge on any atom is 0.150 e. The van der Waals surface area contributed by atoms with Crippen LogP contribution in [0.1, 0.15) is 35.6 Å². The Morgan fingerprint density at radius 3 is 2.62 bits per heavy atom. The van der Waals surface area contributed by atoms with Crippen LogP contribution in [0.4, 0.5) is 0 Å². The third kappa shape index (κ3) is 4.23. The van der Waals surface area contributed by atoms with E-state index in [2.05, 4.69) is 0 Å². The molecule has 5 heteroatoms. The van der Waals surface area contributed by atoms with Gasteiger partial charge in [-0.3, -0.25) is 0 Å². The number of sulfone groups is 1. The molecule has 0 aromatic carbocycles. The number of rotatable bonds is 6. The van der Waals surface area contributed by atoms with Gasteiger partial charge in [-0.05, 0) is 31.9 Å². The SMILES string of the molecule is CCS(=O)(=O)CCCC(N)c1ccc(C)s1. The summed E-state index contributed by atoms with van der Waals surface area (Å²) in [5, 5.41) is 0. The van der Waals surface area contributed by atoms with Gasteiger partial charge < -0.3 is 5.73 Å². The molecule has 0 saturated carbocycles. The minimum absolute atomic E-state index is 0.0224. The molecule has 1 aromatic heterocycles. The van der Waals surface area contributed by atoms with E-state index >= 15 is 0 Å². The molecule has 1 rings (SSSR count). The predicted molar refractivity (Wildman–Crippen MR) is 69.5 cm³/mol. The van der Waals surface area contributed by atoms with Crippen molar-refractivity contribution >= 4 is 21.2 Å². The average molecular weight is 261 g/mol. The highest BCUT2D eigenvalue weighted by molar-refractivity contribution is 7.91. The molecule has 0 spiro atoms. The molecule has 1 aromatic rings. The Morgan fingerprint density at radius 1 is 1.44 bits per heavy atom. The van der Waals surface area contributed by atoms with Crippen molar-refractivity contribution in [2.45, 2.75) is 32.7 Å². The molecule has 1 atom stereocenters. The summed E-state index contributed by atoms with van der Waals surface area (Å²) in [5.74, 6) is 0.474. The molecule has 92 valence electrons. The average Bonchev–Trinajstić information content (AvgIpc) is 2.64. The van der Waals surface area contributed by atoms with Crippen molar-refractivity contribution in [3.05, 3.63) is 21.9 Å². The van der Waals surface area contributed by atoms with Gasteiger partial charge in [0, 0.05) is 21.5 Å². The van der Waals surface area contributed by atoms with E-state index in [0.717, 1.165) is 11.3 Å². The van der Waals surface area contributed by atoms with Crippen LogP contribution in [0.5, 0.6) is 0 Å². The van der Waals surface area contributed by atoms with E-state index in [0.29, 0.717) is 6.42 Å². The summed E-state index contributed by atoms with van der Waals surface area (Å²) in [7, 11) is -2.84. The second-order valence-corrected chi connectivity index (χ2v) is 7.73. The number of aryl methyl sites for hydroxylation is 1. The van der Waals surface area contributed by atoms with Gasteiger partial charge >= 0.3 is 0 Å². The highest BCUT2D eigenvalue weighted by Gasteiger charge is 2.11. The molecule has 0 saturated heterocycles. The van der Waals surface area contributed by atoms with Crippen molar-refractivity contribution in [3.63, 3.8) is 0 Å². The standard InChI is InChI=1S/C11H19NO2S2/c1-3-16(13,14)8-4-5-10(12)11-7-6-9(2)15-11/h6-7,10H,3-5,8,12H2,1-2H3. The molecule has 0 radical (unpaired) electrons. The van der Waals surface area contributed by atoms with Gasteiger partial charge in [-0.15, -0.1) is 11.3 Å². The lowest BCUT2D eigenvalue weighted by atomic mass is 10.1. The first-order valence-electron chi connectivity index (χ1n) is 5.47. The van der Waals surface area contributed by atoms with Gasteiger partial charge in [-0.25, -0.2) is 8.42 Å². The van der Waals surface area contributed by atoms with Gasteiger partial charge in [-0.1, -0.05) is 6.92 Å². The fourth-order valence-electron chi connectivity index (χ4n) is 1.46. The van der Waals surface area contributed by atoms with E-state index in [1.54, 1.807) is 18.3 Å². The van der Waals surface area contributed by atoms with E-state index in [9.17, 15) is 8.42 Å². The third-order valence-electron chi connectivity index (χ3n) is 2.54. The zero-order valence-electron chi connectivity index (χ0n) is 9.77. The summed E-state index contributed by atoms with van der Waals surface area (Å²) < 4.78 is 22.6. The second-order valence-electron chi connectivity index (χ2n) is 3.93. The Bertz CT molecular complexity index is 423. The lowest BCUT2D eigenvalue weighted by Crippen LogP contribution is -2.13. The second kappa shape index (κ2) is 5.80. The van der Waals surface area contributed by atoms with Gasteiger partial charge in [0.15, 0.2) is 0 Å². The summed E-state index contributed by atoms with van der Waals surface area (Å²) >= 11 is 1.69. The fourth-order valence-corrected chi connectivity index (χ4v) is 3.27. The third-order valence-corrected chi connectivity index (χ3v) is 5.46. The summed E-state index contributed by atoms with van der Waals surface area (Å²) in [6, 6.07) is 4.05. The molecule has 1 heterocycles. The molecule has 0 amide bonds. The van der Waals surface area contributed by atoms with E-state index in [4.69, 9.17) is 5.73 Å². The van der Waals surface area contributed by atoms with Crippen LogP contribution < -0.4 is 5.73 Å². The van der Waals surface area contributed by atoms with E-state index in [-0.39, 0.29) is 17.5 Å². The lowest BCUT2D eigenvalue weighted by Gasteiger charge is -2.08. The van der Waals surface area contributed by atoms with Gasteiger partial charge in [0.25, 0.3) is 0 Å².